The van der Waals surface area contributed by atoms with Gasteiger partial charge in [-0.3, -0.25) is 10.1 Å². The molecular weight excluding hydrogens is 356 g/mol. The van der Waals surface area contributed by atoms with E-state index in [1.165, 1.54) is 5.56 Å². The third kappa shape index (κ3) is 6.07. The number of carbonyl (C=O) groups is 1. The lowest BCUT2D eigenvalue weighted by Crippen LogP contribution is -2.34. The Morgan fingerprint density at radius 2 is 1.81 bits per heavy atom. The minimum Gasteiger partial charge on any atom is -0.491 e. The summed E-state index contributed by atoms with van der Waals surface area (Å²) in [6.07, 6.45) is 2.03. The van der Waals surface area contributed by atoms with Crippen LogP contribution in [0.3, 0.4) is 0 Å². The second-order valence-electron chi connectivity index (χ2n) is 6.67. The van der Waals surface area contributed by atoms with Crippen LogP contribution in [0.4, 0.5) is 5.69 Å². The average Bonchev–Trinajstić information content (AvgIpc) is 2.67. The first-order valence-corrected chi connectivity index (χ1v) is 9.83. The van der Waals surface area contributed by atoms with Gasteiger partial charge in [0.25, 0.3) is 5.91 Å². The monoisotopic (exact) mass is 384 g/mol. The van der Waals surface area contributed by atoms with Crippen LogP contribution in [0.2, 0.25) is 0 Å². The molecule has 2 aromatic rings. The summed E-state index contributed by atoms with van der Waals surface area (Å²) in [6, 6.07) is 15.2. The van der Waals surface area contributed by atoms with E-state index in [1.807, 2.05) is 31.2 Å². The van der Waals surface area contributed by atoms with E-state index in [9.17, 15) is 4.79 Å². The molecule has 2 unspecified atom stereocenters. The topological polar surface area (TPSA) is 50.4 Å². The molecule has 0 radical (unpaired) electrons. The quantitative estimate of drug-likeness (QED) is 0.619. The molecule has 5 heteroatoms. The number of ether oxygens (including phenoxy) is 1. The molecule has 2 atom stereocenters. The van der Waals surface area contributed by atoms with Gasteiger partial charge < -0.3 is 10.1 Å². The summed E-state index contributed by atoms with van der Waals surface area (Å²) in [4.78, 5) is 12.5. The lowest BCUT2D eigenvalue weighted by atomic mass is 9.97. The van der Waals surface area contributed by atoms with Gasteiger partial charge in [-0.05, 0) is 67.7 Å². The number of nitrogens with one attached hydrogen (secondary N) is 2. The van der Waals surface area contributed by atoms with Crippen molar-refractivity contribution in [3.05, 3.63) is 59.7 Å². The molecule has 0 aromatic heterocycles. The SMILES string of the molecule is CCC(C)Oc1cccc(C(=O)NC(=S)Nc2ccccc2C(C)CC)c1. The van der Waals surface area contributed by atoms with E-state index >= 15 is 0 Å². The van der Waals surface area contributed by atoms with Crippen molar-refractivity contribution in [2.45, 2.75) is 52.6 Å². The van der Waals surface area contributed by atoms with Crippen molar-refractivity contribution in [1.29, 1.82) is 0 Å². The summed E-state index contributed by atoms with van der Waals surface area (Å²) in [7, 11) is 0. The molecule has 2 rings (SSSR count). The molecule has 0 aliphatic carbocycles. The first kappa shape index (κ1) is 20.9. The van der Waals surface area contributed by atoms with Crippen LogP contribution in [0.5, 0.6) is 5.75 Å². The Morgan fingerprint density at radius 3 is 2.52 bits per heavy atom. The molecular formula is C22H28N2O2S. The molecule has 0 spiro atoms. The molecule has 2 aromatic carbocycles. The zero-order chi connectivity index (χ0) is 19.8. The number of para-hydroxylation sites is 1. The van der Waals surface area contributed by atoms with Gasteiger partial charge in [-0.2, -0.15) is 0 Å². The minimum atomic E-state index is -0.261. The van der Waals surface area contributed by atoms with Gasteiger partial charge in [-0.1, -0.05) is 45.0 Å². The van der Waals surface area contributed by atoms with Crippen LogP contribution in [-0.4, -0.2) is 17.1 Å². The van der Waals surface area contributed by atoms with Crippen molar-refractivity contribution in [3.8, 4) is 5.75 Å². The van der Waals surface area contributed by atoms with Crippen LogP contribution in [-0.2, 0) is 0 Å². The molecule has 0 fully saturated rings. The van der Waals surface area contributed by atoms with E-state index in [1.54, 1.807) is 18.2 Å². The maximum Gasteiger partial charge on any atom is 0.257 e. The fourth-order valence-electron chi connectivity index (χ4n) is 2.62. The number of hydrogen-bond donors (Lipinski definition) is 2. The van der Waals surface area contributed by atoms with Gasteiger partial charge in [-0.25, -0.2) is 0 Å². The van der Waals surface area contributed by atoms with Crippen LogP contribution in [0, 0.1) is 0 Å². The van der Waals surface area contributed by atoms with E-state index in [4.69, 9.17) is 17.0 Å². The highest BCUT2D eigenvalue weighted by Gasteiger charge is 2.13. The highest BCUT2D eigenvalue weighted by Crippen LogP contribution is 2.26. The Kier molecular flexibility index (Phi) is 7.80. The third-order valence-corrected chi connectivity index (χ3v) is 4.79. The van der Waals surface area contributed by atoms with E-state index in [0.717, 1.165) is 18.5 Å². The highest BCUT2D eigenvalue weighted by atomic mass is 32.1. The number of amides is 1. The Labute approximate surface area is 167 Å². The number of carbonyl (C=O) groups excluding carboxylic acids is 1. The van der Waals surface area contributed by atoms with Crippen LogP contribution >= 0.6 is 12.2 Å². The van der Waals surface area contributed by atoms with Gasteiger partial charge in [0.1, 0.15) is 5.75 Å². The first-order valence-electron chi connectivity index (χ1n) is 9.42. The van der Waals surface area contributed by atoms with Crippen LogP contribution in [0.1, 0.15) is 62.4 Å². The van der Waals surface area contributed by atoms with Crippen molar-refractivity contribution in [2.75, 3.05) is 5.32 Å². The Balaban J connectivity index is 2.04. The predicted octanol–water partition coefficient (Wildman–Crippen LogP) is 5.50. The van der Waals surface area contributed by atoms with E-state index in [0.29, 0.717) is 17.2 Å². The Bertz CT molecular complexity index is 791. The largest absolute Gasteiger partial charge is 0.491 e. The number of benzene rings is 2. The third-order valence-electron chi connectivity index (χ3n) is 4.59. The molecule has 0 saturated carbocycles. The number of hydrogen-bond acceptors (Lipinski definition) is 3. The molecule has 0 heterocycles. The van der Waals surface area contributed by atoms with Crippen molar-refractivity contribution in [1.82, 2.24) is 5.32 Å². The lowest BCUT2D eigenvalue weighted by molar-refractivity contribution is 0.0977. The van der Waals surface area contributed by atoms with Crippen molar-refractivity contribution < 1.29 is 9.53 Å². The zero-order valence-corrected chi connectivity index (χ0v) is 17.2. The van der Waals surface area contributed by atoms with E-state index < -0.39 is 0 Å². The summed E-state index contributed by atoms with van der Waals surface area (Å²) in [5.41, 5.74) is 2.61. The average molecular weight is 385 g/mol. The van der Waals surface area contributed by atoms with Gasteiger partial charge in [0, 0.05) is 11.3 Å². The number of thiocarbonyl (C=S) groups is 1. The molecule has 27 heavy (non-hydrogen) atoms. The van der Waals surface area contributed by atoms with Crippen LogP contribution < -0.4 is 15.4 Å². The van der Waals surface area contributed by atoms with Crippen molar-refractivity contribution in [2.24, 2.45) is 0 Å². The molecule has 0 saturated heterocycles. The zero-order valence-electron chi connectivity index (χ0n) is 16.4. The second-order valence-corrected chi connectivity index (χ2v) is 7.08. The maximum absolute atomic E-state index is 12.5. The van der Waals surface area contributed by atoms with Gasteiger partial charge in [0.15, 0.2) is 5.11 Å². The molecule has 1 amide bonds. The summed E-state index contributed by atoms with van der Waals surface area (Å²) < 4.78 is 5.78. The summed E-state index contributed by atoms with van der Waals surface area (Å²) in [5.74, 6) is 0.822. The predicted molar refractivity (Wildman–Crippen MR) is 116 cm³/mol. The summed E-state index contributed by atoms with van der Waals surface area (Å²) >= 11 is 5.34. The van der Waals surface area contributed by atoms with Crippen LogP contribution in [0.25, 0.3) is 0 Å². The molecule has 4 nitrogen and oxygen atoms in total. The molecule has 0 aliphatic heterocycles. The molecule has 2 N–H and O–H groups in total. The maximum atomic E-state index is 12.5. The standard InChI is InChI=1S/C22H28N2O2S/c1-5-15(3)19-12-7-8-13-20(19)23-22(27)24-21(25)17-10-9-11-18(14-17)26-16(4)6-2/h7-16H,5-6H2,1-4H3,(H2,23,24,25,27). The number of rotatable bonds is 7. The first-order chi connectivity index (χ1) is 12.9. The van der Waals surface area contributed by atoms with Gasteiger partial charge >= 0.3 is 0 Å². The number of anilines is 1. The van der Waals surface area contributed by atoms with E-state index in [2.05, 4.69) is 37.5 Å². The van der Waals surface area contributed by atoms with Crippen molar-refractivity contribution >= 4 is 28.9 Å². The second kappa shape index (κ2) is 10.1. The fraction of sp³-hybridized carbons (Fsp3) is 0.364. The van der Waals surface area contributed by atoms with E-state index in [-0.39, 0.29) is 17.1 Å². The highest BCUT2D eigenvalue weighted by molar-refractivity contribution is 7.80. The fourth-order valence-corrected chi connectivity index (χ4v) is 2.82. The van der Waals surface area contributed by atoms with Gasteiger partial charge in [0.2, 0.25) is 0 Å². The normalized spacial score (nSPS) is 12.7. The van der Waals surface area contributed by atoms with Crippen LogP contribution in [0.15, 0.2) is 48.5 Å². The summed E-state index contributed by atoms with van der Waals surface area (Å²) in [6.45, 7) is 8.38. The minimum absolute atomic E-state index is 0.100. The molecule has 0 bridgehead atoms. The molecule has 144 valence electrons. The Hall–Kier alpha value is -2.40. The smallest absolute Gasteiger partial charge is 0.257 e. The molecule has 0 aliphatic rings. The lowest BCUT2D eigenvalue weighted by Gasteiger charge is -2.17. The summed E-state index contributed by atoms with van der Waals surface area (Å²) in [5, 5.41) is 6.18. The van der Waals surface area contributed by atoms with Gasteiger partial charge in [0.05, 0.1) is 6.10 Å². The van der Waals surface area contributed by atoms with Crippen molar-refractivity contribution in [3.63, 3.8) is 0 Å². The van der Waals surface area contributed by atoms with Gasteiger partial charge in [-0.15, -0.1) is 0 Å². The Morgan fingerprint density at radius 1 is 1.07 bits per heavy atom.